The predicted molar refractivity (Wildman–Crippen MR) is 97.8 cm³/mol. The first kappa shape index (κ1) is 19.0. The fourth-order valence-corrected chi connectivity index (χ4v) is 7.28. The van der Waals surface area contributed by atoms with Gasteiger partial charge in [-0.25, -0.2) is 0 Å². The van der Waals surface area contributed by atoms with Gasteiger partial charge < -0.3 is 9.05 Å². The zero-order valence-corrected chi connectivity index (χ0v) is 16.5. The highest BCUT2D eigenvalue weighted by atomic mass is 32.2. The van der Waals surface area contributed by atoms with E-state index in [1.165, 1.54) is 5.56 Å². The van der Waals surface area contributed by atoms with Crippen LogP contribution in [0.1, 0.15) is 52.5 Å². The summed E-state index contributed by atoms with van der Waals surface area (Å²) in [6.07, 6.45) is -0.309. The van der Waals surface area contributed by atoms with Crippen molar-refractivity contribution < 1.29 is 13.6 Å². The second kappa shape index (κ2) is 7.28. The minimum atomic E-state index is -3.29. The lowest BCUT2D eigenvalue weighted by atomic mass is 10.2. The Labute approximate surface area is 144 Å². The van der Waals surface area contributed by atoms with Crippen molar-refractivity contribution in [2.75, 3.05) is 0 Å². The van der Waals surface area contributed by atoms with Crippen molar-refractivity contribution in [2.45, 2.75) is 69.7 Å². The van der Waals surface area contributed by atoms with E-state index in [2.05, 4.69) is 31.3 Å². The van der Waals surface area contributed by atoms with E-state index in [1.54, 1.807) is 11.8 Å². The molecule has 1 fully saturated rings. The van der Waals surface area contributed by atoms with Gasteiger partial charge in [-0.05, 0) is 47.1 Å². The summed E-state index contributed by atoms with van der Waals surface area (Å²) >= 11 is 1.77. The highest BCUT2D eigenvalue weighted by Gasteiger charge is 2.53. The van der Waals surface area contributed by atoms with E-state index >= 15 is 0 Å². The zero-order valence-electron chi connectivity index (χ0n) is 14.8. The molecule has 1 saturated heterocycles. The standard InChI is InChI=1S/C17H28NO3PS/c1-12(2)20-22(19,21-13(3)4)16-17(5,6)23-15(18-16)14-10-8-7-9-11-14/h7-13,15-16,18H,1-6H3/t15-,16-/m1/s1. The molecule has 0 aromatic heterocycles. The zero-order chi connectivity index (χ0) is 17.3. The summed E-state index contributed by atoms with van der Waals surface area (Å²) in [7, 11) is -3.29. The van der Waals surface area contributed by atoms with E-state index in [0.717, 1.165) is 0 Å². The van der Waals surface area contributed by atoms with Crippen LogP contribution >= 0.6 is 19.4 Å². The second-order valence-corrected chi connectivity index (χ2v) is 10.7. The highest BCUT2D eigenvalue weighted by Crippen LogP contribution is 2.64. The summed E-state index contributed by atoms with van der Waals surface area (Å²) in [4.78, 5) is 0. The third kappa shape index (κ3) is 4.61. The van der Waals surface area contributed by atoms with E-state index in [0.29, 0.717) is 0 Å². The maximum atomic E-state index is 13.5. The van der Waals surface area contributed by atoms with Gasteiger partial charge >= 0.3 is 7.60 Å². The summed E-state index contributed by atoms with van der Waals surface area (Å²) in [5.74, 6) is -0.352. The fraction of sp³-hybridized carbons (Fsp3) is 0.647. The van der Waals surface area contributed by atoms with Crippen molar-refractivity contribution in [3.63, 3.8) is 0 Å². The monoisotopic (exact) mass is 357 g/mol. The first-order valence-corrected chi connectivity index (χ1v) is 10.6. The summed E-state index contributed by atoms with van der Waals surface area (Å²) in [6, 6.07) is 10.2. The van der Waals surface area contributed by atoms with Crippen LogP contribution in [0, 0.1) is 0 Å². The number of thioether (sulfide) groups is 1. The molecule has 0 unspecified atom stereocenters. The maximum absolute atomic E-state index is 13.5. The number of hydrogen-bond acceptors (Lipinski definition) is 5. The molecule has 1 N–H and O–H groups in total. The van der Waals surface area contributed by atoms with Crippen molar-refractivity contribution in [3.05, 3.63) is 35.9 Å². The molecule has 130 valence electrons. The highest BCUT2D eigenvalue weighted by molar-refractivity contribution is 8.01. The van der Waals surface area contributed by atoms with Gasteiger partial charge in [-0.2, -0.15) is 0 Å². The van der Waals surface area contributed by atoms with Crippen molar-refractivity contribution >= 4 is 19.4 Å². The summed E-state index contributed by atoms with van der Waals surface area (Å²) in [5.41, 5.74) is 1.17. The molecule has 0 radical (unpaired) electrons. The molecule has 23 heavy (non-hydrogen) atoms. The molecule has 1 heterocycles. The molecule has 4 nitrogen and oxygen atoms in total. The predicted octanol–water partition coefficient (Wildman–Crippen LogP) is 5.17. The van der Waals surface area contributed by atoms with Crippen LogP contribution in [-0.4, -0.2) is 22.7 Å². The van der Waals surface area contributed by atoms with Crippen molar-refractivity contribution in [1.29, 1.82) is 0 Å². The third-order valence-electron chi connectivity index (χ3n) is 3.52. The minimum absolute atomic E-state index is 0.0797. The van der Waals surface area contributed by atoms with Crippen LogP contribution in [0.25, 0.3) is 0 Å². The van der Waals surface area contributed by atoms with Crippen molar-refractivity contribution in [3.8, 4) is 0 Å². The number of benzene rings is 1. The minimum Gasteiger partial charge on any atom is -0.305 e. The molecule has 1 aromatic rings. The topological polar surface area (TPSA) is 47.6 Å². The van der Waals surface area contributed by atoms with E-state index < -0.39 is 7.60 Å². The van der Waals surface area contributed by atoms with E-state index in [-0.39, 0.29) is 28.1 Å². The fourth-order valence-electron chi connectivity index (χ4n) is 2.74. The lowest BCUT2D eigenvalue weighted by Crippen LogP contribution is -2.39. The molecule has 1 aliphatic heterocycles. The van der Waals surface area contributed by atoms with Gasteiger partial charge in [0.1, 0.15) is 5.78 Å². The van der Waals surface area contributed by atoms with E-state index in [1.807, 2.05) is 45.9 Å². The number of rotatable bonds is 6. The molecule has 2 atom stereocenters. The first-order valence-electron chi connectivity index (χ1n) is 8.09. The summed E-state index contributed by atoms with van der Waals surface area (Å²) < 4.78 is 24.9. The Morgan fingerprint density at radius 3 is 2.09 bits per heavy atom. The Morgan fingerprint density at radius 1 is 1.09 bits per heavy atom. The Bertz CT molecular complexity index is 548. The van der Waals surface area contributed by atoms with Crippen LogP contribution in [0.5, 0.6) is 0 Å². The maximum Gasteiger partial charge on any atom is 0.349 e. The normalized spacial score (nSPS) is 24.5. The van der Waals surface area contributed by atoms with Gasteiger partial charge in [0, 0.05) is 4.75 Å². The third-order valence-corrected chi connectivity index (χ3v) is 8.04. The van der Waals surface area contributed by atoms with Crippen molar-refractivity contribution in [1.82, 2.24) is 5.32 Å². The number of hydrogen-bond donors (Lipinski definition) is 1. The van der Waals surface area contributed by atoms with Crippen LogP contribution in [0.3, 0.4) is 0 Å². The van der Waals surface area contributed by atoms with Gasteiger partial charge in [0.2, 0.25) is 0 Å². The lowest BCUT2D eigenvalue weighted by molar-refractivity contribution is 0.132. The Morgan fingerprint density at radius 2 is 1.61 bits per heavy atom. The van der Waals surface area contributed by atoms with Gasteiger partial charge in [-0.1, -0.05) is 30.3 Å². The van der Waals surface area contributed by atoms with Crippen LogP contribution in [0.2, 0.25) is 0 Å². The summed E-state index contributed by atoms with van der Waals surface area (Å²) in [6.45, 7) is 11.7. The molecular weight excluding hydrogens is 329 g/mol. The Hall–Kier alpha value is -0.320. The quantitative estimate of drug-likeness (QED) is 0.712. The van der Waals surface area contributed by atoms with Gasteiger partial charge in [-0.3, -0.25) is 9.88 Å². The molecule has 6 heteroatoms. The first-order chi connectivity index (χ1) is 10.6. The van der Waals surface area contributed by atoms with Crippen LogP contribution in [-0.2, 0) is 13.6 Å². The average Bonchev–Trinajstić information content (AvgIpc) is 2.74. The Kier molecular flexibility index (Phi) is 6.02. The van der Waals surface area contributed by atoms with Crippen LogP contribution in [0.4, 0.5) is 0 Å². The second-order valence-electron chi connectivity index (χ2n) is 6.93. The smallest absolute Gasteiger partial charge is 0.305 e. The van der Waals surface area contributed by atoms with E-state index in [4.69, 9.17) is 9.05 Å². The van der Waals surface area contributed by atoms with Gasteiger partial charge in [0.25, 0.3) is 0 Å². The van der Waals surface area contributed by atoms with Gasteiger partial charge in [0.05, 0.1) is 17.6 Å². The molecule has 0 bridgehead atoms. The van der Waals surface area contributed by atoms with Crippen molar-refractivity contribution in [2.24, 2.45) is 0 Å². The number of nitrogens with one attached hydrogen (secondary N) is 1. The van der Waals surface area contributed by atoms with E-state index in [9.17, 15) is 4.57 Å². The molecule has 0 saturated carbocycles. The van der Waals surface area contributed by atoms with Crippen LogP contribution < -0.4 is 5.32 Å². The lowest BCUT2D eigenvalue weighted by Gasteiger charge is -2.33. The average molecular weight is 357 g/mol. The Balaban J connectivity index is 2.29. The molecule has 0 aliphatic carbocycles. The molecule has 0 spiro atoms. The molecular formula is C17H28NO3PS. The SMILES string of the molecule is CC(C)OP(=O)(OC(C)C)[C@H]1N[C@@H](c2ccccc2)SC1(C)C. The molecule has 0 amide bonds. The van der Waals surface area contributed by atoms with Gasteiger partial charge in [-0.15, -0.1) is 11.8 Å². The largest absolute Gasteiger partial charge is 0.349 e. The van der Waals surface area contributed by atoms with Crippen LogP contribution in [0.15, 0.2) is 30.3 Å². The van der Waals surface area contributed by atoms with Gasteiger partial charge in [0.15, 0.2) is 0 Å². The molecule has 1 aromatic carbocycles. The molecule has 2 rings (SSSR count). The summed E-state index contributed by atoms with van der Waals surface area (Å²) in [5, 5.41) is 3.58. The molecule has 1 aliphatic rings.